The number of carbonyl (C=O) groups is 1. The molecule has 0 aromatic carbocycles. The standard InChI is InChI=1S/C8H19N3O7/c1-2-9-8(12)5-3-4-7(18-11(15)16)6-17-10(13)14/h7,13-16H,2-6H2,1H3,(H,9,12)/t7-/m1/s1. The van der Waals surface area contributed by atoms with E-state index in [9.17, 15) is 4.79 Å². The van der Waals surface area contributed by atoms with Crippen LogP contribution >= 0.6 is 0 Å². The number of hydrogen-bond donors (Lipinski definition) is 5. The molecule has 0 aliphatic carbocycles. The van der Waals surface area contributed by atoms with Crippen molar-refractivity contribution in [3.05, 3.63) is 0 Å². The first-order chi connectivity index (χ1) is 8.45. The summed E-state index contributed by atoms with van der Waals surface area (Å²) in [5, 5.41) is 35.2. The van der Waals surface area contributed by atoms with Gasteiger partial charge in [-0.1, -0.05) is 0 Å². The molecular formula is C8H19N3O7. The lowest BCUT2D eigenvalue weighted by molar-refractivity contribution is -0.527. The highest BCUT2D eigenvalue weighted by molar-refractivity contribution is 5.75. The normalized spacial score (nSPS) is 13.1. The van der Waals surface area contributed by atoms with Crippen molar-refractivity contribution < 1.29 is 35.3 Å². The summed E-state index contributed by atoms with van der Waals surface area (Å²) in [5.41, 5.74) is 0. The fourth-order valence-corrected chi connectivity index (χ4v) is 1.23. The van der Waals surface area contributed by atoms with Crippen molar-refractivity contribution in [2.24, 2.45) is 0 Å². The van der Waals surface area contributed by atoms with Crippen molar-refractivity contribution in [2.75, 3.05) is 13.2 Å². The van der Waals surface area contributed by atoms with E-state index in [1.807, 2.05) is 0 Å². The second-order valence-electron chi connectivity index (χ2n) is 3.37. The number of hydrogen-bond acceptors (Lipinski definition) is 9. The van der Waals surface area contributed by atoms with Crippen molar-refractivity contribution in [1.82, 2.24) is 16.1 Å². The van der Waals surface area contributed by atoms with E-state index in [-0.39, 0.29) is 25.4 Å². The van der Waals surface area contributed by atoms with Crippen LogP contribution < -0.4 is 5.32 Å². The van der Waals surface area contributed by atoms with Gasteiger partial charge in [0.2, 0.25) is 5.91 Å². The summed E-state index contributed by atoms with van der Waals surface area (Å²) in [7, 11) is 0. The van der Waals surface area contributed by atoms with Crippen LogP contribution in [0.15, 0.2) is 0 Å². The van der Waals surface area contributed by atoms with E-state index in [0.29, 0.717) is 13.0 Å². The molecule has 0 bridgehead atoms. The van der Waals surface area contributed by atoms with Gasteiger partial charge in [0.15, 0.2) is 0 Å². The molecule has 10 nitrogen and oxygen atoms in total. The van der Waals surface area contributed by atoms with E-state index in [0.717, 1.165) is 0 Å². The first-order valence-electron chi connectivity index (χ1n) is 5.37. The van der Waals surface area contributed by atoms with Crippen LogP contribution in [0.5, 0.6) is 0 Å². The minimum absolute atomic E-state index is 0.132. The molecule has 0 unspecified atom stereocenters. The highest BCUT2D eigenvalue weighted by atomic mass is 17.1. The molecule has 0 saturated heterocycles. The van der Waals surface area contributed by atoms with Gasteiger partial charge in [0, 0.05) is 13.0 Å². The minimum atomic E-state index is -0.851. The Kier molecular flexibility index (Phi) is 9.63. The second kappa shape index (κ2) is 10.1. The molecule has 10 heteroatoms. The van der Waals surface area contributed by atoms with Gasteiger partial charge in [-0.2, -0.15) is 0 Å². The van der Waals surface area contributed by atoms with Crippen molar-refractivity contribution in [1.29, 1.82) is 0 Å². The monoisotopic (exact) mass is 269 g/mol. The Balaban J connectivity index is 3.88. The molecule has 0 saturated carbocycles. The second-order valence-corrected chi connectivity index (χ2v) is 3.37. The van der Waals surface area contributed by atoms with Gasteiger partial charge in [0.05, 0.1) is 10.8 Å². The van der Waals surface area contributed by atoms with E-state index in [1.165, 1.54) is 0 Å². The average molecular weight is 269 g/mol. The zero-order valence-corrected chi connectivity index (χ0v) is 10.0. The Morgan fingerprint density at radius 3 is 2.44 bits per heavy atom. The number of nitrogens with one attached hydrogen (secondary N) is 1. The number of carbonyl (C=O) groups excluding carboxylic acids is 1. The first kappa shape index (κ1) is 17.2. The van der Waals surface area contributed by atoms with Crippen LogP contribution in [0.4, 0.5) is 0 Å². The van der Waals surface area contributed by atoms with Crippen LogP contribution in [0.2, 0.25) is 0 Å². The number of nitrogens with zero attached hydrogens (tertiary/aromatic N) is 2. The highest BCUT2D eigenvalue weighted by Gasteiger charge is 2.15. The molecule has 0 fully saturated rings. The summed E-state index contributed by atoms with van der Waals surface area (Å²) in [6, 6.07) is 0. The molecule has 18 heavy (non-hydrogen) atoms. The van der Waals surface area contributed by atoms with E-state index in [1.54, 1.807) is 6.92 Å². The van der Waals surface area contributed by atoms with Gasteiger partial charge < -0.3 is 5.32 Å². The Hall–Kier alpha value is -0.850. The zero-order valence-electron chi connectivity index (χ0n) is 10.0. The van der Waals surface area contributed by atoms with Gasteiger partial charge in [0.1, 0.15) is 12.7 Å². The SMILES string of the molecule is CCNC(=O)CCC[C@H](CON(O)O)ON(O)O. The van der Waals surface area contributed by atoms with E-state index in [4.69, 9.17) is 20.8 Å². The minimum Gasteiger partial charge on any atom is -0.356 e. The first-order valence-corrected chi connectivity index (χ1v) is 5.37. The quantitative estimate of drug-likeness (QED) is 0.338. The topological polar surface area (TPSA) is 135 Å². The summed E-state index contributed by atoms with van der Waals surface area (Å²) in [4.78, 5) is 19.9. The third-order valence-corrected chi connectivity index (χ3v) is 1.92. The Bertz CT molecular complexity index is 227. The third kappa shape index (κ3) is 10.3. The van der Waals surface area contributed by atoms with Gasteiger partial charge in [-0.15, -0.1) is 0 Å². The maximum Gasteiger partial charge on any atom is 0.219 e. The summed E-state index contributed by atoms with van der Waals surface area (Å²) in [6.07, 6.45) is 0.0517. The predicted octanol–water partition coefficient (Wildman–Crippen LogP) is -0.315. The Morgan fingerprint density at radius 2 is 1.94 bits per heavy atom. The lowest BCUT2D eigenvalue weighted by Gasteiger charge is -2.18. The molecular weight excluding hydrogens is 250 g/mol. The number of amides is 1. The molecule has 0 aliphatic heterocycles. The maximum absolute atomic E-state index is 11.1. The molecule has 0 aliphatic rings. The van der Waals surface area contributed by atoms with E-state index < -0.39 is 16.9 Å². The fourth-order valence-electron chi connectivity index (χ4n) is 1.23. The molecule has 108 valence electrons. The summed E-state index contributed by atoms with van der Waals surface area (Å²) in [6.45, 7) is 2.00. The lowest BCUT2D eigenvalue weighted by Crippen LogP contribution is -2.31. The Morgan fingerprint density at radius 1 is 1.28 bits per heavy atom. The van der Waals surface area contributed by atoms with Gasteiger partial charge in [0.25, 0.3) is 0 Å². The van der Waals surface area contributed by atoms with Gasteiger partial charge >= 0.3 is 0 Å². The van der Waals surface area contributed by atoms with E-state index in [2.05, 4.69) is 15.0 Å². The maximum atomic E-state index is 11.1. The molecule has 0 aromatic heterocycles. The van der Waals surface area contributed by atoms with Crippen LogP contribution in [0.3, 0.4) is 0 Å². The van der Waals surface area contributed by atoms with Crippen molar-refractivity contribution in [3.63, 3.8) is 0 Å². The van der Waals surface area contributed by atoms with Crippen LogP contribution in [-0.2, 0) is 14.5 Å². The summed E-state index contributed by atoms with van der Waals surface area (Å²) >= 11 is 0. The summed E-state index contributed by atoms with van der Waals surface area (Å²) < 4.78 is 0. The molecule has 1 atom stereocenters. The molecule has 1 amide bonds. The molecule has 0 radical (unpaired) electrons. The highest BCUT2D eigenvalue weighted by Crippen LogP contribution is 2.07. The van der Waals surface area contributed by atoms with Crippen LogP contribution in [0.25, 0.3) is 0 Å². The predicted molar refractivity (Wildman–Crippen MR) is 54.2 cm³/mol. The van der Waals surface area contributed by atoms with Crippen molar-refractivity contribution >= 4 is 5.91 Å². The molecule has 0 heterocycles. The Labute approximate surface area is 104 Å². The third-order valence-electron chi connectivity index (χ3n) is 1.92. The smallest absolute Gasteiger partial charge is 0.219 e. The lowest BCUT2D eigenvalue weighted by atomic mass is 10.1. The van der Waals surface area contributed by atoms with E-state index >= 15 is 0 Å². The van der Waals surface area contributed by atoms with Crippen LogP contribution in [0, 0.1) is 0 Å². The number of rotatable bonds is 10. The van der Waals surface area contributed by atoms with Gasteiger partial charge in [-0.05, 0) is 19.8 Å². The van der Waals surface area contributed by atoms with Crippen molar-refractivity contribution in [3.8, 4) is 0 Å². The molecule has 0 spiro atoms. The summed E-state index contributed by atoms with van der Waals surface area (Å²) in [5.74, 6) is -0.132. The zero-order chi connectivity index (χ0) is 14.0. The average Bonchev–Trinajstić information content (AvgIpc) is 2.25. The van der Waals surface area contributed by atoms with Crippen LogP contribution in [0.1, 0.15) is 26.2 Å². The molecule has 0 aromatic rings. The van der Waals surface area contributed by atoms with Crippen LogP contribution in [-0.4, -0.2) is 56.8 Å². The van der Waals surface area contributed by atoms with Gasteiger partial charge in [-0.25, -0.2) is 9.68 Å². The van der Waals surface area contributed by atoms with Crippen molar-refractivity contribution in [2.45, 2.75) is 32.3 Å². The molecule has 5 N–H and O–H groups in total. The van der Waals surface area contributed by atoms with Gasteiger partial charge in [-0.3, -0.25) is 25.6 Å². The fraction of sp³-hybridized carbons (Fsp3) is 0.875. The largest absolute Gasteiger partial charge is 0.356 e. The molecule has 0 rings (SSSR count).